The summed E-state index contributed by atoms with van der Waals surface area (Å²) in [5.41, 5.74) is 0. The number of halogens is 2. The summed E-state index contributed by atoms with van der Waals surface area (Å²) in [6, 6.07) is 0. The van der Waals surface area contributed by atoms with Crippen LogP contribution in [-0.2, 0) is 0 Å². The fraction of sp³-hybridized carbons (Fsp3) is 0.800. The third-order valence-corrected chi connectivity index (χ3v) is 4.74. The molecule has 0 aromatic carbocycles. The van der Waals surface area contributed by atoms with E-state index in [0.717, 1.165) is 0 Å². The molecule has 0 amide bonds. The molecule has 2 heteroatoms. The first-order chi connectivity index (χ1) is 5.80. The Labute approximate surface area is 92.1 Å². The van der Waals surface area contributed by atoms with Crippen molar-refractivity contribution in [3.63, 3.8) is 0 Å². The SMILES string of the molecule is Br/C1=C/CCCCCCCC1Br. The highest BCUT2D eigenvalue weighted by molar-refractivity contribution is 9.14. The van der Waals surface area contributed by atoms with E-state index >= 15 is 0 Å². The minimum absolute atomic E-state index is 0.565. The van der Waals surface area contributed by atoms with Crippen LogP contribution in [0.25, 0.3) is 0 Å². The summed E-state index contributed by atoms with van der Waals surface area (Å²) in [6.45, 7) is 0. The number of rotatable bonds is 0. The van der Waals surface area contributed by atoms with E-state index in [0.29, 0.717) is 4.83 Å². The molecule has 0 saturated carbocycles. The van der Waals surface area contributed by atoms with Gasteiger partial charge in [0.2, 0.25) is 0 Å². The highest BCUT2D eigenvalue weighted by Gasteiger charge is 2.08. The fourth-order valence-corrected chi connectivity index (χ4v) is 2.47. The van der Waals surface area contributed by atoms with Crippen LogP contribution in [0.5, 0.6) is 0 Å². The molecule has 12 heavy (non-hydrogen) atoms. The Morgan fingerprint density at radius 2 is 1.75 bits per heavy atom. The lowest BCUT2D eigenvalue weighted by Gasteiger charge is -2.11. The van der Waals surface area contributed by atoms with Crippen LogP contribution >= 0.6 is 31.9 Å². The third kappa shape index (κ3) is 4.08. The normalized spacial score (nSPS) is 32.2. The Bertz CT molecular complexity index is 152. The fourth-order valence-electron chi connectivity index (χ4n) is 1.50. The molecule has 0 N–H and O–H groups in total. The van der Waals surface area contributed by atoms with Gasteiger partial charge >= 0.3 is 0 Å². The van der Waals surface area contributed by atoms with Crippen LogP contribution in [0.15, 0.2) is 10.6 Å². The lowest BCUT2D eigenvalue weighted by atomic mass is 10.1. The van der Waals surface area contributed by atoms with E-state index in [1.165, 1.54) is 49.4 Å². The maximum Gasteiger partial charge on any atom is 0.0458 e. The van der Waals surface area contributed by atoms with Gasteiger partial charge in [0.1, 0.15) is 0 Å². The van der Waals surface area contributed by atoms with Gasteiger partial charge in [-0.05, 0) is 19.3 Å². The Morgan fingerprint density at radius 1 is 1.08 bits per heavy atom. The number of hydrogen-bond acceptors (Lipinski definition) is 0. The van der Waals surface area contributed by atoms with Gasteiger partial charge in [0.25, 0.3) is 0 Å². The Balaban J connectivity index is 2.42. The third-order valence-electron chi connectivity index (χ3n) is 2.30. The van der Waals surface area contributed by atoms with Crippen LogP contribution in [0.2, 0.25) is 0 Å². The maximum atomic E-state index is 3.68. The number of allylic oxidation sites excluding steroid dienone is 2. The van der Waals surface area contributed by atoms with Crippen molar-refractivity contribution in [3.05, 3.63) is 10.6 Å². The molecule has 0 aromatic heterocycles. The highest BCUT2D eigenvalue weighted by atomic mass is 79.9. The average molecular weight is 296 g/mol. The van der Waals surface area contributed by atoms with Crippen LogP contribution in [0.1, 0.15) is 44.9 Å². The second-order valence-electron chi connectivity index (χ2n) is 3.40. The maximum absolute atomic E-state index is 3.68. The first-order valence-electron chi connectivity index (χ1n) is 4.80. The number of alkyl halides is 1. The van der Waals surface area contributed by atoms with Crippen LogP contribution < -0.4 is 0 Å². The molecule has 0 aromatic rings. The van der Waals surface area contributed by atoms with Crippen molar-refractivity contribution in [3.8, 4) is 0 Å². The quantitative estimate of drug-likeness (QED) is 0.565. The predicted molar refractivity (Wildman–Crippen MR) is 62.0 cm³/mol. The van der Waals surface area contributed by atoms with Crippen LogP contribution in [0, 0.1) is 0 Å². The molecule has 0 radical (unpaired) electrons. The van der Waals surface area contributed by atoms with Gasteiger partial charge in [0.05, 0.1) is 0 Å². The van der Waals surface area contributed by atoms with Gasteiger partial charge in [-0.15, -0.1) is 0 Å². The van der Waals surface area contributed by atoms with Crippen molar-refractivity contribution in [2.24, 2.45) is 0 Å². The molecule has 0 aliphatic heterocycles. The van der Waals surface area contributed by atoms with Crippen molar-refractivity contribution >= 4 is 31.9 Å². The summed E-state index contributed by atoms with van der Waals surface area (Å²) in [6.07, 6.45) is 11.8. The molecular formula is C10H16Br2. The molecule has 0 bridgehead atoms. The molecule has 1 aliphatic rings. The summed E-state index contributed by atoms with van der Waals surface area (Å²) >= 11 is 7.30. The Morgan fingerprint density at radius 3 is 2.58 bits per heavy atom. The standard InChI is InChI=1S/C10H16Br2/c11-9-7-5-3-1-2-4-6-8-10(9)12/h7,10H,1-6,8H2/b9-7+. The Kier molecular flexibility index (Phi) is 5.57. The molecule has 0 nitrogen and oxygen atoms in total. The summed E-state index contributed by atoms with van der Waals surface area (Å²) in [4.78, 5) is 0.565. The van der Waals surface area contributed by atoms with Gasteiger partial charge in [-0.3, -0.25) is 0 Å². The molecule has 0 saturated heterocycles. The molecule has 1 aliphatic carbocycles. The second kappa shape index (κ2) is 6.20. The molecular weight excluding hydrogens is 280 g/mol. The van der Waals surface area contributed by atoms with Gasteiger partial charge < -0.3 is 0 Å². The smallest absolute Gasteiger partial charge is 0.0458 e. The van der Waals surface area contributed by atoms with Crippen molar-refractivity contribution in [1.82, 2.24) is 0 Å². The minimum atomic E-state index is 0.565. The van der Waals surface area contributed by atoms with Crippen molar-refractivity contribution in [2.45, 2.75) is 49.8 Å². The lowest BCUT2D eigenvalue weighted by Crippen LogP contribution is -1.98. The minimum Gasteiger partial charge on any atom is -0.0833 e. The topological polar surface area (TPSA) is 0 Å². The van der Waals surface area contributed by atoms with Crippen LogP contribution in [0.4, 0.5) is 0 Å². The lowest BCUT2D eigenvalue weighted by molar-refractivity contribution is 0.596. The van der Waals surface area contributed by atoms with Crippen LogP contribution in [-0.4, -0.2) is 4.83 Å². The van der Waals surface area contributed by atoms with E-state index < -0.39 is 0 Å². The summed E-state index contributed by atoms with van der Waals surface area (Å²) in [7, 11) is 0. The van der Waals surface area contributed by atoms with E-state index in [-0.39, 0.29) is 0 Å². The Hall–Kier alpha value is 0.700. The molecule has 1 rings (SSSR count). The van der Waals surface area contributed by atoms with Crippen molar-refractivity contribution < 1.29 is 0 Å². The van der Waals surface area contributed by atoms with Gasteiger partial charge in [0.15, 0.2) is 0 Å². The molecule has 70 valence electrons. The molecule has 0 fully saturated rings. The molecule has 1 atom stereocenters. The van der Waals surface area contributed by atoms with Gasteiger partial charge in [0, 0.05) is 9.31 Å². The van der Waals surface area contributed by atoms with Gasteiger partial charge in [-0.2, -0.15) is 0 Å². The first kappa shape index (κ1) is 10.8. The van der Waals surface area contributed by atoms with E-state index in [1.54, 1.807) is 0 Å². The summed E-state index contributed by atoms with van der Waals surface area (Å²) in [5.74, 6) is 0. The molecule has 1 unspecified atom stereocenters. The predicted octanol–water partition coefficient (Wildman–Crippen LogP) is 4.77. The molecule has 0 heterocycles. The molecule has 0 spiro atoms. The zero-order valence-electron chi connectivity index (χ0n) is 7.36. The van der Waals surface area contributed by atoms with Crippen LogP contribution in [0.3, 0.4) is 0 Å². The monoisotopic (exact) mass is 294 g/mol. The van der Waals surface area contributed by atoms with Gasteiger partial charge in [-0.1, -0.05) is 63.6 Å². The van der Waals surface area contributed by atoms with E-state index in [9.17, 15) is 0 Å². The largest absolute Gasteiger partial charge is 0.0833 e. The van der Waals surface area contributed by atoms with E-state index in [4.69, 9.17) is 0 Å². The van der Waals surface area contributed by atoms with E-state index in [1.807, 2.05) is 0 Å². The highest BCUT2D eigenvalue weighted by Crippen LogP contribution is 2.26. The first-order valence-corrected chi connectivity index (χ1v) is 6.51. The number of hydrogen-bond donors (Lipinski definition) is 0. The summed E-state index contributed by atoms with van der Waals surface area (Å²) in [5, 5.41) is 0. The van der Waals surface area contributed by atoms with E-state index in [2.05, 4.69) is 37.9 Å². The van der Waals surface area contributed by atoms with Gasteiger partial charge in [-0.25, -0.2) is 0 Å². The zero-order valence-corrected chi connectivity index (χ0v) is 10.5. The van der Waals surface area contributed by atoms with Crippen molar-refractivity contribution in [1.29, 1.82) is 0 Å². The zero-order chi connectivity index (χ0) is 8.81. The van der Waals surface area contributed by atoms with Crippen molar-refractivity contribution in [2.75, 3.05) is 0 Å². The summed E-state index contributed by atoms with van der Waals surface area (Å²) < 4.78 is 1.35. The average Bonchev–Trinajstić information content (AvgIpc) is 2.08. The second-order valence-corrected chi connectivity index (χ2v) is 5.42.